The van der Waals surface area contributed by atoms with E-state index in [2.05, 4.69) is 32.6 Å². The van der Waals surface area contributed by atoms with Gasteiger partial charge in [-0.15, -0.1) is 0 Å². The second-order valence-electron chi connectivity index (χ2n) is 5.03. The molecule has 1 aromatic carbocycles. The first-order chi connectivity index (χ1) is 9.69. The van der Waals surface area contributed by atoms with Crippen LogP contribution < -0.4 is 15.4 Å². The van der Waals surface area contributed by atoms with Gasteiger partial charge in [-0.25, -0.2) is 0 Å². The van der Waals surface area contributed by atoms with E-state index < -0.39 is 0 Å². The van der Waals surface area contributed by atoms with Crippen molar-refractivity contribution < 1.29 is 9.53 Å². The Morgan fingerprint density at radius 2 is 2.25 bits per heavy atom. The zero-order valence-corrected chi connectivity index (χ0v) is 13.3. The molecule has 0 bridgehead atoms. The molecule has 0 heterocycles. The van der Waals surface area contributed by atoms with E-state index in [9.17, 15) is 4.79 Å². The average Bonchev–Trinajstić information content (AvgIpc) is 3.27. The maximum atomic E-state index is 11.1. The summed E-state index contributed by atoms with van der Waals surface area (Å²) in [6.45, 7) is 1.42. The van der Waals surface area contributed by atoms with E-state index in [1.165, 1.54) is 18.4 Å². The Balaban J connectivity index is 1.78. The third-order valence-electron chi connectivity index (χ3n) is 3.27. The summed E-state index contributed by atoms with van der Waals surface area (Å²) in [7, 11) is 1.65. The monoisotopic (exact) mass is 340 g/mol. The van der Waals surface area contributed by atoms with E-state index in [1.54, 1.807) is 7.05 Å². The molecule has 1 saturated carbocycles. The van der Waals surface area contributed by atoms with Crippen molar-refractivity contribution in [2.75, 3.05) is 13.7 Å². The average molecular weight is 341 g/mol. The van der Waals surface area contributed by atoms with Gasteiger partial charge in [-0.3, -0.25) is 4.79 Å². The Hall–Kier alpha value is -1.07. The van der Waals surface area contributed by atoms with Crippen LogP contribution in [0.25, 0.3) is 0 Å². The third-order valence-corrected chi connectivity index (χ3v) is 4.05. The summed E-state index contributed by atoms with van der Waals surface area (Å²) in [5, 5.41) is 6.10. The molecule has 1 aliphatic carbocycles. The first-order valence-corrected chi connectivity index (χ1v) is 7.83. The normalized spacial score (nSPS) is 14.1. The lowest BCUT2D eigenvalue weighted by atomic mass is 10.2. The standard InChI is InChI=1S/C15H21BrN2O2/c1-17-15(19)3-2-8-20-13-6-7-14(16)11(9-13)10-18-12-4-5-12/h6-7,9,12,18H,2-5,8,10H2,1H3,(H,17,19). The predicted molar refractivity (Wildman–Crippen MR) is 82.8 cm³/mol. The van der Waals surface area contributed by atoms with Gasteiger partial charge in [0.05, 0.1) is 6.61 Å². The Morgan fingerprint density at radius 1 is 1.45 bits per heavy atom. The van der Waals surface area contributed by atoms with E-state index in [1.807, 2.05) is 12.1 Å². The van der Waals surface area contributed by atoms with Gasteiger partial charge in [0.1, 0.15) is 5.75 Å². The molecule has 5 heteroatoms. The molecule has 2 rings (SSSR count). The SMILES string of the molecule is CNC(=O)CCCOc1ccc(Br)c(CNC2CC2)c1. The number of carbonyl (C=O) groups is 1. The zero-order valence-electron chi connectivity index (χ0n) is 11.7. The minimum absolute atomic E-state index is 0.0544. The van der Waals surface area contributed by atoms with Crippen LogP contribution in [0.15, 0.2) is 22.7 Å². The highest BCUT2D eigenvalue weighted by Crippen LogP contribution is 2.25. The molecule has 20 heavy (non-hydrogen) atoms. The molecule has 1 fully saturated rings. The predicted octanol–water partition coefficient (Wildman–Crippen LogP) is 2.61. The summed E-state index contributed by atoms with van der Waals surface area (Å²) in [5.41, 5.74) is 1.21. The van der Waals surface area contributed by atoms with Gasteiger partial charge in [0.25, 0.3) is 0 Å². The van der Waals surface area contributed by atoms with E-state index in [4.69, 9.17) is 4.74 Å². The maximum absolute atomic E-state index is 11.1. The van der Waals surface area contributed by atoms with Gasteiger partial charge in [0, 0.05) is 30.5 Å². The van der Waals surface area contributed by atoms with Crippen molar-refractivity contribution in [1.82, 2.24) is 10.6 Å². The summed E-state index contributed by atoms with van der Waals surface area (Å²) >= 11 is 3.56. The van der Waals surface area contributed by atoms with E-state index >= 15 is 0 Å². The number of carbonyl (C=O) groups excluding carboxylic acids is 1. The molecular weight excluding hydrogens is 320 g/mol. The van der Waals surface area contributed by atoms with Gasteiger partial charge in [-0.1, -0.05) is 15.9 Å². The summed E-state index contributed by atoms with van der Waals surface area (Å²) in [6, 6.07) is 6.71. The summed E-state index contributed by atoms with van der Waals surface area (Å²) in [5.74, 6) is 0.913. The molecule has 4 nitrogen and oxygen atoms in total. The molecule has 110 valence electrons. The van der Waals surface area contributed by atoms with Crippen LogP contribution in [-0.4, -0.2) is 25.6 Å². The number of hydrogen-bond donors (Lipinski definition) is 2. The van der Waals surface area contributed by atoms with Crippen molar-refractivity contribution >= 4 is 21.8 Å². The maximum Gasteiger partial charge on any atom is 0.219 e. The van der Waals surface area contributed by atoms with Crippen LogP contribution in [0.4, 0.5) is 0 Å². The van der Waals surface area contributed by atoms with Gasteiger partial charge in [-0.05, 0) is 43.0 Å². The Morgan fingerprint density at radius 3 is 2.95 bits per heavy atom. The molecule has 2 N–H and O–H groups in total. The molecule has 0 atom stereocenters. The van der Waals surface area contributed by atoms with Crippen LogP contribution >= 0.6 is 15.9 Å². The van der Waals surface area contributed by atoms with Crippen molar-refractivity contribution in [2.45, 2.75) is 38.3 Å². The van der Waals surface area contributed by atoms with Crippen LogP contribution in [-0.2, 0) is 11.3 Å². The lowest BCUT2D eigenvalue weighted by molar-refractivity contribution is -0.120. The molecule has 1 aromatic rings. The Kier molecular flexibility index (Phi) is 5.86. The van der Waals surface area contributed by atoms with Crippen molar-refractivity contribution in [3.05, 3.63) is 28.2 Å². The quantitative estimate of drug-likeness (QED) is 0.715. The molecule has 0 saturated heterocycles. The number of hydrogen-bond acceptors (Lipinski definition) is 3. The van der Waals surface area contributed by atoms with Crippen molar-refractivity contribution in [2.24, 2.45) is 0 Å². The first-order valence-electron chi connectivity index (χ1n) is 7.04. The van der Waals surface area contributed by atoms with Crippen LogP contribution in [0, 0.1) is 0 Å². The van der Waals surface area contributed by atoms with Crippen molar-refractivity contribution in [3.8, 4) is 5.75 Å². The minimum atomic E-state index is 0.0544. The van der Waals surface area contributed by atoms with E-state index in [-0.39, 0.29) is 5.91 Å². The molecule has 0 unspecified atom stereocenters. The number of benzene rings is 1. The summed E-state index contributed by atoms with van der Waals surface area (Å²) < 4.78 is 6.79. The first kappa shape index (κ1) is 15.3. The molecule has 0 radical (unpaired) electrons. The molecule has 0 spiro atoms. The van der Waals surface area contributed by atoms with Crippen LogP contribution in [0.5, 0.6) is 5.75 Å². The third kappa shape index (κ3) is 5.13. The van der Waals surface area contributed by atoms with E-state index in [0.29, 0.717) is 19.1 Å². The zero-order chi connectivity index (χ0) is 14.4. The number of nitrogens with one attached hydrogen (secondary N) is 2. The fraction of sp³-hybridized carbons (Fsp3) is 0.533. The second-order valence-corrected chi connectivity index (χ2v) is 5.89. The van der Waals surface area contributed by atoms with E-state index in [0.717, 1.165) is 23.2 Å². The Bertz CT molecular complexity index is 461. The lowest BCUT2D eigenvalue weighted by Crippen LogP contribution is -2.18. The lowest BCUT2D eigenvalue weighted by Gasteiger charge is -2.10. The van der Waals surface area contributed by atoms with Gasteiger partial charge >= 0.3 is 0 Å². The minimum Gasteiger partial charge on any atom is -0.494 e. The molecule has 0 aliphatic heterocycles. The number of amides is 1. The Labute approximate surface area is 128 Å². The fourth-order valence-corrected chi connectivity index (χ4v) is 2.25. The van der Waals surface area contributed by atoms with Gasteiger partial charge in [-0.2, -0.15) is 0 Å². The van der Waals surface area contributed by atoms with Crippen molar-refractivity contribution in [3.63, 3.8) is 0 Å². The highest BCUT2D eigenvalue weighted by molar-refractivity contribution is 9.10. The highest BCUT2D eigenvalue weighted by atomic mass is 79.9. The number of ether oxygens (including phenoxy) is 1. The highest BCUT2D eigenvalue weighted by Gasteiger charge is 2.20. The largest absolute Gasteiger partial charge is 0.494 e. The van der Waals surface area contributed by atoms with Gasteiger partial charge in [0.2, 0.25) is 5.91 Å². The van der Waals surface area contributed by atoms with Gasteiger partial charge in [0.15, 0.2) is 0 Å². The second kappa shape index (κ2) is 7.64. The fourth-order valence-electron chi connectivity index (χ4n) is 1.87. The summed E-state index contributed by atoms with van der Waals surface area (Å²) in [6.07, 6.45) is 3.80. The van der Waals surface area contributed by atoms with Crippen LogP contribution in [0.2, 0.25) is 0 Å². The molecule has 0 aromatic heterocycles. The smallest absolute Gasteiger partial charge is 0.219 e. The van der Waals surface area contributed by atoms with Gasteiger partial charge < -0.3 is 15.4 Å². The van der Waals surface area contributed by atoms with Crippen LogP contribution in [0.1, 0.15) is 31.2 Å². The molecule has 1 aliphatic rings. The topological polar surface area (TPSA) is 50.4 Å². The van der Waals surface area contributed by atoms with Crippen LogP contribution in [0.3, 0.4) is 0 Å². The molecule has 1 amide bonds. The van der Waals surface area contributed by atoms with Crippen molar-refractivity contribution in [1.29, 1.82) is 0 Å². The number of halogens is 1. The molecular formula is C15H21BrN2O2. The number of rotatable bonds is 8. The summed E-state index contributed by atoms with van der Waals surface area (Å²) in [4.78, 5) is 11.1.